The van der Waals surface area contributed by atoms with E-state index in [2.05, 4.69) is 25.0 Å². The van der Waals surface area contributed by atoms with Crippen LogP contribution in [0.25, 0.3) is 0 Å². The third kappa shape index (κ3) is 6.23. The molecule has 4 saturated heterocycles. The number of carbonyl (C=O) groups excluding carboxylic acids is 3. The van der Waals surface area contributed by atoms with Gasteiger partial charge in [0.1, 0.15) is 6.04 Å². The minimum atomic E-state index is -0.772. The number of morpholine rings is 1. The largest absolute Gasteiger partial charge is 0.394 e. The van der Waals surface area contributed by atoms with Gasteiger partial charge in [-0.1, -0.05) is 56.3 Å². The number of rotatable bonds is 14. The molecule has 6 atom stereocenters. The molecule has 45 heavy (non-hydrogen) atoms. The molecule has 10 heteroatoms. The van der Waals surface area contributed by atoms with Gasteiger partial charge in [-0.3, -0.25) is 19.3 Å². The number of carbonyl (C=O) groups is 3. The second kappa shape index (κ2) is 14.0. The van der Waals surface area contributed by atoms with Gasteiger partial charge in [0.2, 0.25) is 17.7 Å². The highest BCUT2D eigenvalue weighted by atomic mass is 32.2. The van der Waals surface area contributed by atoms with E-state index in [1.54, 1.807) is 33.7 Å². The Morgan fingerprint density at radius 3 is 2.38 bits per heavy atom. The van der Waals surface area contributed by atoms with Gasteiger partial charge in [0.15, 0.2) is 0 Å². The summed E-state index contributed by atoms with van der Waals surface area (Å²) >= 11 is 1.68. The van der Waals surface area contributed by atoms with E-state index in [4.69, 9.17) is 4.74 Å². The molecule has 4 aliphatic heterocycles. The molecule has 0 saturated carbocycles. The summed E-state index contributed by atoms with van der Waals surface area (Å²) in [6, 6.07) is 8.56. The molecule has 1 spiro atoms. The van der Waals surface area contributed by atoms with E-state index < -0.39 is 33.4 Å². The van der Waals surface area contributed by atoms with Crippen LogP contribution in [0, 0.1) is 17.8 Å². The number of likely N-dealkylation sites (tertiary alicyclic amines) is 1. The van der Waals surface area contributed by atoms with Crippen molar-refractivity contribution in [1.29, 1.82) is 0 Å². The minimum absolute atomic E-state index is 0.0675. The SMILES string of the molecule is C=CCN(CCN1CCOCC1)C(=O)C1N([C@@H](CO)C(C)C)C(=O)[C@@H]2[C@H](C(=O)N(CC=C)Cc3ccccc3)[C@]3(C)CCC12S3. The first-order chi connectivity index (χ1) is 21.6. The molecule has 5 rings (SSSR count). The van der Waals surface area contributed by atoms with Crippen LogP contribution in [0.2, 0.25) is 0 Å². The summed E-state index contributed by atoms with van der Waals surface area (Å²) in [6.45, 7) is 19.0. The number of nitrogens with zero attached hydrogens (tertiary/aromatic N) is 4. The molecule has 0 aliphatic carbocycles. The zero-order chi connectivity index (χ0) is 32.4. The lowest BCUT2D eigenvalue weighted by molar-refractivity contribution is -0.148. The lowest BCUT2D eigenvalue weighted by Crippen LogP contribution is -2.59. The van der Waals surface area contributed by atoms with E-state index in [0.717, 1.165) is 25.1 Å². The molecule has 1 N–H and O–H groups in total. The number of benzene rings is 1. The van der Waals surface area contributed by atoms with Crippen molar-refractivity contribution in [2.24, 2.45) is 17.8 Å². The maximum absolute atomic E-state index is 14.8. The van der Waals surface area contributed by atoms with Crippen LogP contribution in [-0.4, -0.2) is 123 Å². The number of amides is 3. The van der Waals surface area contributed by atoms with Crippen LogP contribution in [0.5, 0.6) is 0 Å². The summed E-state index contributed by atoms with van der Waals surface area (Å²) < 4.78 is 4.27. The predicted octanol–water partition coefficient (Wildman–Crippen LogP) is 3.05. The number of aliphatic hydroxyl groups is 1. The van der Waals surface area contributed by atoms with Crippen molar-refractivity contribution >= 4 is 29.5 Å². The van der Waals surface area contributed by atoms with Crippen LogP contribution in [0.15, 0.2) is 55.6 Å². The van der Waals surface area contributed by atoms with Gasteiger partial charge in [-0.2, -0.15) is 0 Å². The Morgan fingerprint density at radius 1 is 1.09 bits per heavy atom. The van der Waals surface area contributed by atoms with Crippen LogP contribution in [-0.2, 0) is 25.7 Å². The van der Waals surface area contributed by atoms with Crippen molar-refractivity contribution in [2.75, 3.05) is 59.1 Å². The van der Waals surface area contributed by atoms with Gasteiger partial charge in [0.25, 0.3) is 0 Å². The van der Waals surface area contributed by atoms with Gasteiger partial charge < -0.3 is 24.5 Å². The van der Waals surface area contributed by atoms with E-state index in [9.17, 15) is 19.5 Å². The van der Waals surface area contributed by atoms with Crippen molar-refractivity contribution in [1.82, 2.24) is 19.6 Å². The average Bonchev–Trinajstić information content (AvgIpc) is 3.60. The summed E-state index contributed by atoms with van der Waals surface area (Å²) in [4.78, 5) is 51.8. The molecule has 1 aromatic carbocycles. The van der Waals surface area contributed by atoms with E-state index in [0.29, 0.717) is 52.4 Å². The highest BCUT2D eigenvalue weighted by Gasteiger charge is 2.78. The summed E-state index contributed by atoms with van der Waals surface area (Å²) in [5.74, 6) is -1.67. The number of fused-ring (bicyclic) bond motifs is 1. The normalized spacial score (nSPS) is 29.9. The molecule has 0 aromatic heterocycles. The van der Waals surface area contributed by atoms with E-state index in [-0.39, 0.29) is 30.2 Å². The Bertz CT molecular complexity index is 1260. The number of thioether (sulfide) groups is 1. The number of hydrogen-bond acceptors (Lipinski definition) is 7. The van der Waals surface area contributed by atoms with Crippen LogP contribution < -0.4 is 0 Å². The van der Waals surface area contributed by atoms with Gasteiger partial charge >= 0.3 is 0 Å². The molecule has 1 aromatic rings. The summed E-state index contributed by atoms with van der Waals surface area (Å²) in [6.07, 6.45) is 4.88. The molecule has 3 amide bonds. The number of hydrogen-bond donors (Lipinski definition) is 1. The zero-order valence-electron chi connectivity index (χ0n) is 27.1. The first-order valence-electron chi connectivity index (χ1n) is 16.4. The fourth-order valence-electron chi connectivity index (χ4n) is 8.09. The third-order valence-corrected chi connectivity index (χ3v) is 12.3. The van der Waals surface area contributed by atoms with Gasteiger partial charge in [0, 0.05) is 50.6 Å². The van der Waals surface area contributed by atoms with Crippen LogP contribution in [0.1, 0.15) is 39.2 Å². The van der Waals surface area contributed by atoms with Crippen LogP contribution in [0.4, 0.5) is 0 Å². The van der Waals surface area contributed by atoms with E-state index in [1.165, 1.54) is 0 Å². The smallest absolute Gasteiger partial charge is 0.247 e. The van der Waals surface area contributed by atoms with Crippen LogP contribution >= 0.6 is 11.8 Å². The standard InChI is InChI=1S/C35H50N4O5S/c1-6-15-37(18-17-36-19-21-44-22-20-36)33(43)30-35-14-13-34(5,45-35)28(29(35)32(42)39(30)27(24-40)25(3)4)31(41)38(16-7-2)23-26-11-9-8-10-12-26/h6-12,25,27-30,40H,1-2,13-24H2,3-5H3/t27-,28+,29-,30?,34-,35?/m0/s1. The maximum atomic E-state index is 14.8. The van der Waals surface area contributed by atoms with Crippen molar-refractivity contribution < 1.29 is 24.2 Å². The monoisotopic (exact) mass is 638 g/mol. The first-order valence-corrected chi connectivity index (χ1v) is 17.2. The number of aliphatic hydroxyl groups excluding tert-OH is 1. The van der Waals surface area contributed by atoms with Crippen molar-refractivity contribution in [3.63, 3.8) is 0 Å². The second-order valence-electron chi connectivity index (χ2n) is 13.5. The molecular formula is C35H50N4O5S. The quantitative estimate of drug-likeness (QED) is 0.313. The first kappa shape index (κ1) is 33.7. The fourth-order valence-corrected chi connectivity index (χ4v) is 10.4. The molecule has 2 bridgehead atoms. The summed E-state index contributed by atoms with van der Waals surface area (Å²) in [5, 5.41) is 10.6. The number of ether oxygens (including phenoxy) is 1. The third-order valence-electron chi connectivity index (χ3n) is 10.4. The average molecular weight is 639 g/mol. The lowest BCUT2D eigenvalue weighted by Gasteiger charge is -2.41. The Morgan fingerprint density at radius 2 is 1.76 bits per heavy atom. The topological polar surface area (TPSA) is 93.6 Å². The molecule has 2 unspecified atom stereocenters. The highest BCUT2D eigenvalue weighted by molar-refractivity contribution is 8.02. The van der Waals surface area contributed by atoms with Crippen molar-refractivity contribution in [3.05, 3.63) is 61.2 Å². The maximum Gasteiger partial charge on any atom is 0.247 e. The Balaban J connectivity index is 1.51. The Kier molecular flexibility index (Phi) is 10.5. The molecule has 0 radical (unpaired) electrons. The molecule has 246 valence electrons. The predicted molar refractivity (Wildman–Crippen MR) is 177 cm³/mol. The second-order valence-corrected chi connectivity index (χ2v) is 15.4. The van der Waals surface area contributed by atoms with Gasteiger partial charge in [-0.25, -0.2) is 0 Å². The van der Waals surface area contributed by atoms with Gasteiger partial charge in [0.05, 0.1) is 42.4 Å². The molecular weight excluding hydrogens is 588 g/mol. The zero-order valence-corrected chi connectivity index (χ0v) is 27.9. The molecule has 9 nitrogen and oxygen atoms in total. The lowest BCUT2D eigenvalue weighted by atomic mass is 9.66. The highest BCUT2D eigenvalue weighted by Crippen LogP contribution is 2.72. The van der Waals surface area contributed by atoms with E-state index in [1.807, 2.05) is 49.1 Å². The van der Waals surface area contributed by atoms with Gasteiger partial charge in [-0.15, -0.1) is 24.9 Å². The van der Waals surface area contributed by atoms with Gasteiger partial charge in [-0.05, 0) is 31.2 Å². The molecule has 4 heterocycles. The molecule has 4 fully saturated rings. The Labute approximate surface area is 272 Å². The Hall–Kier alpha value is -2.66. The fraction of sp³-hybridized carbons (Fsp3) is 0.629. The van der Waals surface area contributed by atoms with Crippen molar-refractivity contribution in [3.8, 4) is 0 Å². The van der Waals surface area contributed by atoms with Crippen molar-refractivity contribution in [2.45, 2.75) is 61.7 Å². The van der Waals surface area contributed by atoms with E-state index >= 15 is 0 Å². The summed E-state index contributed by atoms with van der Waals surface area (Å²) in [5.41, 5.74) is 1.01. The summed E-state index contributed by atoms with van der Waals surface area (Å²) in [7, 11) is 0. The van der Waals surface area contributed by atoms with Crippen LogP contribution in [0.3, 0.4) is 0 Å². The molecule has 4 aliphatic rings. The minimum Gasteiger partial charge on any atom is -0.394 e.